The molecule has 0 saturated heterocycles. The summed E-state index contributed by atoms with van der Waals surface area (Å²) in [4.78, 5) is 23.2. The fraction of sp³-hybridized carbons (Fsp3) is 0.182. The molecule has 172 valence electrons. The molecule has 1 amide bonds. The Morgan fingerprint density at radius 3 is 2.24 bits per heavy atom. The van der Waals surface area contributed by atoms with Crippen molar-refractivity contribution in [2.45, 2.75) is 18.8 Å². The van der Waals surface area contributed by atoms with E-state index in [9.17, 15) is 18.0 Å². The highest BCUT2D eigenvalue weighted by Crippen LogP contribution is 2.27. The number of alkyl halides is 3. The molecule has 1 aromatic heterocycles. The first kappa shape index (κ1) is 23.7. The molecule has 0 fully saturated rings. The van der Waals surface area contributed by atoms with Crippen LogP contribution >= 0.6 is 0 Å². The second kappa shape index (κ2) is 10.1. The predicted molar refractivity (Wildman–Crippen MR) is 115 cm³/mol. The van der Waals surface area contributed by atoms with Crippen LogP contribution in [0.1, 0.15) is 27.7 Å². The number of amides is 1. The monoisotopic (exact) mass is 459 g/mol. The molecule has 33 heavy (non-hydrogen) atoms. The molecular formula is C22H20F3N5O3. The molecular weight excluding hydrogens is 439 g/mol. The van der Waals surface area contributed by atoms with Crippen LogP contribution in [-0.4, -0.2) is 39.9 Å². The van der Waals surface area contributed by atoms with Crippen LogP contribution in [0.3, 0.4) is 0 Å². The van der Waals surface area contributed by atoms with Crippen molar-refractivity contribution in [1.82, 2.24) is 10.2 Å². The van der Waals surface area contributed by atoms with Gasteiger partial charge in [-0.15, -0.1) is 10.2 Å². The molecule has 4 N–H and O–H groups in total. The quantitative estimate of drug-likeness (QED) is 0.549. The maximum Gasteiger partial charge on any atom is 0.490 e. The van der Waals surface area contributed by atoms with Gasteiger partial charge in [-0.05, 0) is 35.4 Å². The smallest absolute Gasteiger partial charge is 0.475 e. The number of nitrogens with two attached hydrogens (primary N) is 1. The van der Waals surface area contributed by atoms with Crippen LogP contribution in [-0.2, 0) is 11.3 Å². The summed E-state index contributed by atoms with van der Waals surface area (Å²) in [5.41, 5.74) is 9.66. The van der Waals surface area contributed by atoms with Gasteiger partial charge in [0.05, 0.1) is 0 Å². The molecule has 0 spiro atoms. The van der Waals surface area contributed by atoms with Crippen molar-refractivity contribution >= 4 is 23.4 Å². The maximum absolute atomic E-state index is 12.3. The van der Waals surface area contributed by atoms with E-state index in [2.05, 4.69) is 32.5 Å². The highest BCUT2D eigenvalue weighted by Gasteiger charge is 2.38. The minimum absolute atomic E-state index is 0.0668. The maximum atomic E-state index is 12.3. The zero-order valence-electron chi connectivity index (χ0n) is 17.2. The van der Waals surface area contributed by atoms with Crippen molar-refractivity contribution in [3.8, 4) is 0 Å². The first-order chi connectivity index (χ1) is 15.6. The van der Waals surface area contributed by atoms with Crippen LogP contribution < -0.4 is 16.0 Å². The fourth-order valence-electron chi connectivity index (χ4n) is 3.15. The van der Waals surface area contributed by atoms with E-state index in [1.54, 1.807) is 6.07 Å². The van der Waals surface area contributed by atoms with Crippen molar-refractivity contribution < 1.29 is 27.9 Å². The average Bonchev–Trinajstić information content (AvgIpc) is 2.79. The Labute approximate surface area is 186 Å². The summed E-state index contributed by atoms with van der Waals surface area (Å²) in [5.74, 6) is -2.32. The van der Waals surface area contributed by atoms with Crippen molar-refractivity contribution in [3.63, 3.8) is 0 Å². The van der Waals surface area contributed by atoms with Gasteiger partial charge in [0.2, 0.25) is 0 Å². The molecule has 8 nitrogen and oxygen atoms in total. The van der Waals surface area contributed by atoms with Gasteiger partial charge in [-0.2, -0.15) is 13.2 Å². The number of hydrogen-bond donors (Lipinski definition) is 3. The van der Waals surface area contributed by atoms with Crippen LogP contribution in [0.25, 0.3) is 0 Å². The van der Waals surface area contributed by atoms with E-state index in [0.29, 0.717) is 12.4 Å². The van der Waals surface area contributed by atoms with E-state index < -0.39 is 12.1 Å². The summed E-state index contributed by atoms with van der Waals surface area (Å²) in [7, 11) is 0. The summed E-state index contributed by atoms with van der Waals surface area (Å²) in [6.07, 6.45) is -5.08. The number of carboxylic acid groups (broad SMARTS) is 1. The molecule has 1 atom stereocenters. The fourth-order valence-corrected chi connectivity index (χ4v) is 3.15. The van der Waals surface area contributed by atoms with Crippen LogP contribution in [0.4, 0.5) is 24.7 Å². The molecule has 0 radical (unpaired) electrons. The van der Waals surface area contributed by atoms with Gasteiger partial charge in [-0.1, -0.05) is 42.5 Å². The molecule has 3 aromatic rings. The zero-order valence-corrected chi connectivity index (χ0v) is 17.2. The number of aromatic nitrogens is 2. The van der Waals surface area contributed by atoms with E-state index in [1.165, 1.54) is 11.1 Å². The summed E-state index contributed by atoms with van der Waals surface area (Å²) >= 11 is 0. The van der Waals surface area contributed by atoms with Gasteiger partial charge in [0, 0.05) is 24.8 Å². The average molecular weight is 459 g/mol. The van der Waals surface area contributed by atoms with Crippen molar-refractivity contribution in [2.24, 2.45) is 5.73 Å². The van der Waals surface area contributed by atoms with Crippen molar-refractivity contribution in [3.05, 3.63) is 83.6 Å². The molecule has 1 unspecified atom stereocenters. The zero-order chi connectivity index (χ0) is 24.0. The van der Waals surface area contributed by atoms with Crippen LogP contribution in [0.2, 0.25) is 0 Å². The third kappa shape index (κ3) is 6.26. The van der Waals surface area contributed by atoms with E-state index in [4.69, 9.17) is 15.6 Å². The number of nitrogens with one attached hydrogen (secondary N) is 1. The second-order valence-electron chi connectivity index (χ2n) is 7.09. The molecule has 0 saturated carbocycles. The molecule has 0 aliphatic carbocycles. The first-order valence-corrected chi connectivity index (χ1v) is 9.73. The summed E-state index contributed by atoms with van der Waals surface area (Å²) in [5, 5.41) is 18.2. The molecule has 1 aliphatic rings. The number of nitrogens with zero attached hydrogens (tertiary/aromatic N) is 3. The lowest BCUT2D eigenvalue weighted by molar-refractivity contribution is -0.192. The van der Waals surface area contributed by atoms with Gasteiger partial charge < -0.3 is 21.1 Å². The largest absolute Gasteiger partial charge is 0.490 e. The van der Waals surface area contributed by atoms with E-state index in [-0.39, 0.29) is 17.6 Å². The Morgan fingerprint density at radius 2 is 1.64 bits per heavy atom. The number of carbonyl (C=O) groups excluding carboxylic acids is 1. The van der Waals surface area contributed by atoms with E-state index in [1.807, 2.05) is 48.5 Å². The number of halogens is 3. The second-order valence-corrected chi connectivity index (χ2v) is 7.09. The van der Waals surface area contributed by atoms with Gasteiger partial charge in [-0.3, -0.25) is 4.79 Å². The Balaban J connectivity index is 0.000000383. The number of hydrogen-bond acceptors (Lipinski definition) is 6. The normalized spacial score (nSPS) is 15.0. The first-order valence-electron chi connectivity index (χ1n) is 9.73. The number of fused-ring (bicyclic) bond motifs is 1. The molecule has 4 rings (SSSR count). The Bertz CT molecular complexity index is 1110. The molecule has 0 bridgehead atoms. The third-order valence-corrected chi connectivity index (χ3v) is 4.71. The van der Waals surface area contributed by atoms with Crippen LogP contribution in [0.15, 0.2) is 66.7 Å². The standard InChI is InChI=1S/C20H19N5O.C2HF3O2/c21-17-13-25(12-14-6-4-5-9-16(14)17)19-11-10-18(23-24-19)20(26)22-15-7-2-1-3-8-15;3-2(4,5)1(6)7/h1-11,17H,12-13,21H2,(H,22,26);(H,6,7). The van der Waals surface area contributed by atoms with Gasteiger partial charge in [0.25, 0.3) is 5.91 Å². The van der Waals surface area contributed by atoms with Crippen molar-refractivity contribution in [1.29, 1.82) is 0 Å². The lowest BCUT2D eigenvalue weighted by Crippen LogP contribution is -2.37. The van der Waals surface area contributed by atoms with Gasteiger partial charge in [-0.25, -0.2) is 4.79 Å². The third-order valence-electron chi connectivity index (χ3n) is 4.71. The minimum Gasteiger partial charge on any atom is -0.475 e. The molecule has 2 heterocycles. The SMILES string of the molecule is NC1CN(c2ccc(C(=O)Nc3ccccc3)nn2)Cc2ccccc21.O=C(O)C(F)(F)F. The number of benzene rings is 2. The lowest BCUT2D eigenvalue weighted by Gasteiger charge is -2.33. The summed E-state index contributed by atoms with van der Waals surface area (Å²) in [6, 6.07) is 20.9. The van der Waals surface area contributed by atoms with Crippen molar-refractivity contribution in [2.75, 3.05) is 16.8 Å². The topological polar surface area (TPSA) is 121 Å². The van der Waals surface area contributed by atoms with E-state index in [0.717, 1.165) is 12.2 Å². The highest BCUT2D eigenvalue weighted by atomic mass is 19.4. The minimum atomic E-state index is -5.08. The van der Waals surface area contributed by atoms with Crippen LogP contribution in [0.5, 0.6) is 0 Å². The summed E-state index contributed by atoms with van der Waals surface area (Å²) < 4.78 is 31.7. The molecule has 11 heteroatoms. The number of rotatable bonds is 3. The highest BCUT2D eigenvalue weighted by molar-refractivity contribution is 6.02. The summed E-state index contributed by atoms with van der Waals surface area (Å²) in [6.45, 7) is 1.40. The Kier molecular flexibility index (Phi) is 7.23. The Hall–Kier alpha value is -3.99. The molecule has 2 aromatic carbocycles. The molecule has 1 aliphatic heterocycles. The van der Waals surface area contributed by atoms with Gasteiger partial charge in [0.15, 0.2) is 11.5 Å². The number of aliphatic carboxylic acids is 1. The van der Waals surface area contributed by atoms with Gasteiger partial charge in [0.1, 0.15) is 0 Å². The van der Waals surface area contributed by atoms with Gasteiger partial charge >= 0.3 is 12.1 Å². The number of para-hydroxylation sites is 1. The number of carbonyl (C=O) groups is 2. The Morgan fingerprint density at radius 1 is 1.00 bits per heavy atom. The van der Waals surface area contributed by atoms with Crippen LogP contribution in [0, 0.1) is 0 Å². The number of anilines is 2. The lowest BCUT2D eigenvalue weighted by atomic mass is 9.96. The number of carboxylic acids is 1. The predicted octanol–water partition coefficient (Wildman–Crippen LogP) is 3.38. The van der Waals surface area contributed by atoms with E-state index >= 15 is 0 Å².